The molecular weight excluding hydrogens is 262 g/mol. The SMILES string of the molecule is O=C(NC1CC1)OCC(O)C1COc2ccccc2O1. The summed E-state index contributed by atoms with van der Waals surface area (Å²) < 4.78 is 16.1. The van der Waals surface area contributed by atoms with Gasteiger partial charge < -0.3 is 24.6 Å². The van der Waals surface area contributed by atoms with Gasteiger partial charge >= 0.3 is 6.09 Å². The lowest BCUT2D eigenvalue weighted by Gasteiger charge is -2.29. The number of carbonyl (C=O) groups excluding carboxylic acids is 1. The van der Waals surface area contributed by atoms with Crippen LogP contribution < -0.4 is 14.8 Å². The van der Waals surface area contributed by atoms with E-state index >= 15 is 0 Å². The van der Waals surface area contributed by atoms with Gasteiger partial charge in [0.25, 0.3) is 0 Å². The molecule has 0 aromatic heterocycles. The van der Waals surface area contributed by atoms with Crippen LogP contribution in [0, 0.1) is 0 Å². The number of benzene rings is 1. The molecule has 20 heavy (non-hydrogen) atoms. The van der Waals surface area contributed by atoms with Crippen LogP contribution in [0.15, 0.2) is 24.3 Å². The fraction of sp³-hybridized carbons (Fsp3) is 0.500. The maximum Gasteiger partial charge on any atom is 0.407 e. The number of hydrogen-bond acceptors (Lipinski definition) is 5. The zero-order valence-electron chi connectivity index (χ0n) is 11.0. The summed E-state index contributed by atoms with van der Waals surface area (Å²) in [5, 5.41) is 12.7. The Bertz CT molecular complexity index is 488. The number of ether oxygens (including phenoxy) is 3. The van der Waals surface area contributed by atoms with E-state index in [-0.39, 0.29) is 19.3 Å². The molecule has 1 aromatic carbocycles. The number of rotatable bonds is 4. The Labute approximate surface area is 116 Å². The van der Waals surface area contributed by atoms with Crippen molar-refractivity contribution in [1.82, 2.24) is 5.32 Å². The second-order valence-electron chi connectivity index (χ2n) is 5.00. The van der Waals surface area contributed by atoms with Crippen molar-refractivity contribution >= 4 is 6.09 Å². The lowest BCUT2D eigenvalue weighted by molar-refractivity contribution is -0.0380. The third-order valence-electron chi connectivity index (χ3n) is 3.24. The van der Waals surface area contributed by atoms with Crippen molar-refractivity contribution in [3.63, 3.8) is 0 Å². The van der Waals surface area contributed by atoms with E-state index in [1.54, 1.807) is 12.1 Å². The van der Waals surface area contributed by atoms with Crippen LogP contribution in [0.4, 0.5) is 4.79 Å². The van der Waals surface area contributed by atoms with Gasteiger partial charge in [-0.15, -0.1) is 0 Å². The fourth-order valence-corrected chi connectivity index (χ4v) is 1.93. The Morgan fingerprint density at radius 1 is 1.40 bits per heavy atom. The highest BCUT2D eigenvalue weighted by molar-refractivity contribution is 5.68. The molecule has 1 amide bonds. The predicted molar refractivity (Wildman–Crippen MR) is 69.9 cm³/mol. The van der Waals surface area contributed by atoms with E-state index in [9.17, 15) is 9.90 Å². The van der Waals surface area contributed by atoms with Crippen molar-refractivity contribution < 1.29 is 24.1 Å². The molecule has 1 fully saturated rings. The van der Waals surface area contributed by atoms with E-state index in [0.717, 1.165) is 12.8 Å². The first kappa shape index (κ1) is 13.1. The molecule has 6 heteroatoms. The number of amides is 1. The summed E-state index contributed by atoms with van der Waals surface area (Å²) >= 11 is 0. The Balaban J connectivity index is 1.48. The predicted octanol–water partition coefficient (Wildman–Crippen LogP) is 1.08. The van der Waals surface area contributed by atoms with E-state index in [1.807, 2.05) is 12.1 Å². The fourth-order valence-electron chi connectivity index (χ4n) is 1.93. The molecule has 0 bridgehead atoms. The van der Waals surface area contributed by atoms with Crippen LogP contribution in [-0.2, 0) is 4.74 Å². The second kappa shape index (κ2) is 5.58. The second-order valence-corrected chi connectivity index (χ2v) is 5.00. The Hall–Kier alpha value is -1.95. The minimum atomic E-state index is -0.923. The Morgan fingerprint density at radius 3 is 2.90 bits per heavy atom. The molecule has 1 aliphatic carbocycles. The maximum absolute atomic E-state index is 11.4. The molecule has 108 valence electrons. The van der Waals surface area contributed by atoms with Crippen LogP contribution in [-0.4, -0.2) is 42.7 Å². The molecule has 6 nitrogen and oxygen atoms in total. The van der Waals surface area contributed by atoms with Crippen LogP contribution in [0.3, 0.4) is 0 Å². The summed E-state index contributed by atoms with van der Waals surface area (Å²) in [6, 6.07) is 7.49. The third-order valence-corrected chi connectivity index (χ3v) is 3.24. The molecule has 1 heterocycles. The average Bonchev–Trinajstić information content (AvgIpc) is 3.28. The van der Waals surface area contributed by atoms with Crippen molar-refractivity contribution in [2.24, 2.45) is 0 Å². The summed E-state index contributed by atoms with van der Waals surface area (Å²) in [6.45, 7) is 0.112. The van der Waals surface area contributed by atoms with Gasteiger partial charge in [0.05, 0.1) is 0 Å². The standard InChI is InChI=1S/C14H17NO5/c16-10(7-19-14(17)15-9-5-6-9)13-8-18-11-3-1-2-4-12(11)20-13/h1-4,9-10,13,16H,5-8H2,(H,15,17). The molecule has 2 atom stereocenters. The van der Waals surface area contributed by atoms with Crippen LogP contribution in [0.1, 0.15) is 12.8 Å². The van der Waals surface area contributed by atoms with Crippen LogP contribution in [0.25, 0.3) is 0 Å². The van der Waals surface area contributed by atoms with Gasteiger partial charge in [0.2, 0.25) is 0 Å². The zero-order valence-corrected chi connectivity index (χ0v) is 11.0. The van der Waals surface area contributed by atoms with Gasteiger partial charge in [-0.2, -0.15) is 0 Å². The van der Waals surface area contributed by atoms with Gasteiger partial charge in [-0.05, 0) is 25.0 Å². The van der Waals surface area contributed by atoms with E-state index < -0.39 is 18.3 Å². The van der Waals surface area contributed by atoms with Crippen molar-refractivity contribution in [3.05, 3.63) is 24.3 Å². The van der Waals surface area contributed by atoms with Crippen molar-refractivity contribution in [3.8, 4) is 11.5 Å². The molecule has 2 unspecified atom stereocenters. The van der Waals surface area contributed by atoms with Crippen LogP contribution >= 0.6 is 0 Å². The summed E-state index contributed by atoms with van der Waals surface area (Å²) in [6.07, 6.45) is 0.0257. The summed E-state index contributed by atoms with van der Waals surface area (Å²) in [5.41, 5.74) is 0. The number of alkyl carbamates (subject to hydrolysis) is 1. The van der Waals surface area contributed by atoms with Crippen molar-refractivity contribution in [2.45, 2.75) is 31.1 Å². The lowest BCUT2D eigenvalue weighted by Crippen LogP contribution is -2.43. The largest absolute Gasteiger partial charge is 0.486 e. The molecule has 0 saturated heterocycles. The van der Waals surface area contributed by atoms with Crippen LogP contribution in [0.2, 0.25) is 0 Å². The molecule has 0 radical (unpaired) electrons. The topological polar surface area (TPSA) is 77.0 Å². The van der Waals surface area contributed by atoms with Gasteiger partial charge in [-0.3, -0.25) is 0 Å². The lowest BCUT2D eigenvalue weighted by atomic mass is 10.2. The maximum atomic E-state index is 11.4. The average molecular weight is 279 g/mol. The van der Waals surface area contributed by atoms with E-state index in [1.165, 1.54) is 0 Å². The van der Waals surface area contributed by atoms with Gasteiger partial charge in [-0.1, -0.05) is 12.1 Å². The number of hydrogen-bond donors (Lipinski definition) is 2. The number of fused-ring (bicyclic) bond motifs is 1. The number of nitrogens with one attached hydrogen (secondary N) is 1. The van der Waals surface area contributed by atoms with E-state index in [2.05, 4.69) is 5.32 Å². The highest BCUT2D eigenvalue weighted by Gasteiger charge is 2.29. The van der Waals surface area contributed by atoms with Crippen molar-refractivity contribution in [1.29, 1.82) is 0 Å². The van der Waals surface area contributed by atoms with Gasteiger partial charge in [-0.25, -0.2) is 4.79 Å². The van der Waals surface area contributed by atoms with E-state index in [4.69, 9.17) is 14.2 Å². The van der Waals surface area contributed by atoms with Gasteiger partial charge in [0.15, 0.2) is 17.6 Å². The van der Waals surface area contributed by atoms with Gasteiger partial charge in [0, 0.05) is 6.04 Å². The number of aliphatic hydroxyl groups is 1. The smallest absolute Gasteiger partial charge is 0.407 e. The van der Waals surface area contributed by atoms with E-state index in [0.29, 0.717) is 11.5 Å². The quantitative estimate of drug-likeness (QED) is 0.862. The minimum Gasteiger partial charge on any atom is -0.486 e. The summed E-state index contributed by atoms with van der Waals surface area (Å²) in [4.78, 5) is 11.4. The highest BCUT2D eigenvalue weighted by Crippen LogP contribution is 2.31. The van der Waals surface area contributed by atoms with Crippen LogP contribution in [0.5, 0.6) is 11.5 Å². The zero-order chi connectivity index (χ0) is 13.9. The molecule has 3 rings (SSSR count). The Morgan fingerprint density at radius 2 is 2.15 bits per heavy atom. The molecule has 1 saturated carbocycles. The monoisotopic (exact) mass is 279 g/mol. The molecular formula is C14H17NO5. The minimum absolute atomic E-state index is 0.116. The number of carbonyl (C=O) groups is 1. The third kappa shape index (κ3) is 3.14. The molecule has 0 spiro atoms. The summed E-state index contributed by atoms with van der Waals surface area (Å²) in [7, 11) is 0. The highest BCUT2D eigenvalue weighted by atomic mass is 16.6. The number of aliphatic hydroxyl groups excluding tert-OH is 1. The number of para-hydroxylation sites is 2. The summed E-state index contributed by atoms with van der Waals surface area (Å²) in [5.74, 6) is 1.24. The first-order valence-corrected chi connectivity index (χ1v) is 6.72. The first-order valence-electron chi connectivity index (χ1n) is 6.72. The van der Waals surface area contributed by atoms with Gasteiger partial charge in [0.1, 0.15) is 19.3 Å². The van der Waals surface area contributed by atoms with Crippen molar-refractivity contribution in [2.75, 3.05) is 13.2 Å². The molecule has 1 aromatic rings. The molecule has 2 aliphatic rings. The Kier molecular flexibility index (Phi) is 3.64. The molecule has 2 N–H and O–H groups in total. The molecule has 1 aliphatic heterocycles. The first-order chi connectivity index (χ1) is 9.72. The normalized spacial score (nSPS) is 21.9.